The van der Waals surface area contributed by atoms with Gasteiger partial charge in [0, 0.05) is 19.0 Å². The van der Waals surface area contributed by atoms with Gasteiger partial charge in [-0.15, -0.1) is 0 Å². The highest BCUT2D eigenvalue weighted by Crippen LogP contribution is 2.23. The third-order valence-electron chi connectivity index (χ3n) is 3.28. The first-order valence-corrected chi connectivity index (χ1v) is 7.54. The molecule has 6 heteroatoms. The van der Waals surface area contributed by atoms with Crippen molar-refractivity contribution in [2.75, 3.05) is 0 Å². The topological polar surface area (TPSA) is 38.0 Å². The molecule has 1 aromatic carbocycles. The Bertz CT molecular complexity index is 623. The maximum absolute atomic E-state index is 13.1. The molecule has 1 atom stereocenters. The molecule has 0 saturated carbocycles. The molecule has 114 valence electrons. The van der Waals surface area contributed by atoms with Gasteiger partial charge in [0.05, 0.1) is 22.0 Å². The molecular formula is C15H17BrF2N2O. The van der Waals surface area contributed by atoms with Crippen molar-refractivity contribution in [2.45, 2.75) is 39.3 Å². The normalized spacial score (nSPS) is 12.7. The summed E-state index contributed by atoms with van der Waals surface area (Å²) >= 11 is 3.46. The highest BCUT2D eigenvalue weighted by molar-refractivity contribution is 9.10. The standard InChI is InChI=1S/C15H17BrF2N2O/c1-3-20-14(15(16)9(2)19-20)8-13(21)6-10-4-11(17)7-12(18)5-10/h4-5,7,13,21H,3,6,8H2,1-2H3. The molecule has 1 N–H and O–H groups in total. The van der Waals surface area contributed by atoms with Gasteiger partial charge in [0.15, 0.2) is 0 Å². The van der Waals surface area contributed by atoms with Crippen LogP contribution in [0.1, 0.15) is 23.9 Å². The van der Waals surface area contributed by atoms with Gasteiger partial charge in [-0.05, 0) is 53.9 Å². The number of hydrogen-bond donors (Lipinski definition) is 1. The summed E-state index contributed by atoms with van der Waals surface area (Å²) in [6.07, 6.45) is -0.175. The molecule has 1 heterocycles. The maximum Gasteiger partial charge on any atom is 0.126 e. The number of halogens is 3. The maximum atomic E-state index is 13.1. The molecular weight excluding hydrogens is 342 g/mol. The first-order valence-electron chi connectivity index (χ1n) is 6.75. The average Bonchev–Trinajstić information content (AvgIpc) is 2.65. The first-order chi connectivity index (χ1) is 9.90. The average molecular weight is 359 g/mol. The molecule has 3 nitrogen and oxygen atoms in total. The summed E-state index contributed by atoms with van der Waals surface area (Å²) in [6, 6.07) is 3.30. The second kappa shape index (κ2) is 6.66. The van der Waals surface area contributed by atoms with E-state index in [1.165, 1.54) is 12.1 Å². The Kier molecular flexibility index (Phi) is 5.11. The van der Waals surface area contributed by atoms with E-state index >= 15 is 0 Å². The van der Waals surface area contributed by atoms with Crippen molar-refractivity contribution < 1.29 is 13.9 Å². The lowest BCUT2D eigenvalue weighted by atomic mass is 10.0. The van der Waals surface area contributed by atoms with Gasteiger partial charge < -0.3 is 5.11 Å². The van der Waals surface area contributed by atoms with Crippen molar-refractivity contribution in [1.29, 1.82) is 0 Å². The van der Waals surface area contributed by atoms with Crippen molar-refractivity contribution in [3.8, 4) is 0 Å². The number of aliphatic hydroxyl groups is 1. The fourth-order valence-corrected chi connectivity index (χ4v) is 2.81. The Balaban J connectivity index is 2.13. The van der Waals surface area contributed by atoms with Gasteiger partial charge in [0.1, 0.15) is 11.6 Å². The van der Waals surface area contributed by atoms with Crippen LogP contribution in [0.25, 0.3) is 0 Å². The zero-order valence-corrected chi connectivity index (χ0v) is 13.5. The van der Waals surface area contributed by atoms with E-state index in [-0.39, 0.29) is 6.42 Å². The number of aromatic nitrogens is 2. The van der Waals surface area contributed by atoms with Crippen molar-refractivity contribution in [1.82, 2.24) is 9.78 Å². The molecule has 0 bridgehead atoms. The van der Waals surface area contributed by atoms with Crippen molar-refractivity contribution in [2.24, 2.45) is 0 Å². The van der Waals surface area contributed by atoms with E-state index in [1.807, 2.05) is 18.5 Å². The Hall–Kier alpha value is -1.27. The Morgan fingerprint density at radius 2 is 1.86 bits per heavy atom. The van der Waals surface area contributed by atoms with E-state index in [1.54, 1.807) is 0 Å². The van der Waals surface area contributed by atoms with Gasteiger partial charge in [-0.25, -0.2) is 8.78 Å². The largest absolute Gasteiger partial charge is 0.392 e. The highest BCUT2D eigenvalue weighted by atomic mass is 79.9. The van der Waals surface area contributed by atoms with E-state index in [0.29, 0.717) is 18.5 Å². The lowest BCUT2D eigenvalue weighted by Crippen LogP contribution is -2.17. The van der Waals surface area contributed by atoms with Gasteiger partial charge in [0.25, 0.3) is 0 Å². The molecule has 1 unspecified atom stereocenters. The van der Waals surface area contributed by atoms with Crippen LogP contribution in [0, 0.1) is 18.6 Å². The quantitative estimate of drug-likeness (QED) is 0.889. The van der Waals surface area contributed by atoms with Crippen LogP contribution in [0.4, 0.5) is 8.78 Å². The van der Waals surface area contributed by atoms with E-state index in [9.17, 15) is 13.9 Å². The van der Waals surface area contributed by atoms with Crippen LogP contribution >= 0.6 is 15.9 Å². The minimum Gasteiger partial charge on any atom is -0.392 e. The fourth-order valence-electron chi connectivity index (χ4n) is 2.36. The number of aliphatic hydroxyl groups excluding tert-OH is 1. The van der Waals surface area contributed by atoms with Crippen LogP contribution in [0.3, 0.4) is 0 Å². The van der Waals surface area contributed by atoms with Crippen molar-refractivity contribution in [3.05, 3.63) is 51.3 Å². The zero-order chi connectivity index (χ0) is 15.6. The van der Waals surface area contributed by atoms with Gasteiger partial charge in [-0.3, -0.25) is 4.68 Å². The van der Waals surface area contributed by atoms with E-state index in [4.69, 9.17) is 0 Å². The predicted molar refractivity (Wildman–Crippen MR) is 80.1 cm³/mol. The summed E-state index contributed by atoms with van der Waals surface area (Å²) in [5, 5.41) is 14.5. The molecule has 0 radical (unpaired) electrons. The smallest absolute Gasteiger partial charge is 0.126 e. The van der Waals surface area contributed by atoms with Gasteiger partial charge >= 0.3 is 0 Å². The summed E-state index contributed by atoms with van der Waals surface area (Å²) in [6.45, 7) is 4.55. The van der Waals surface area contributed by atoms with Crippen LogP contribution in [0.2, 0.25) is 0 Å². The molecule has 0 spiro atoms. The first kappa shape index (κ1) is 16.1. The Labute approximate surface area is 130 Å². The molecule has 21 heavy (non-hydrogen) atoms. The lowest BCUT2D eigenvalue weighted by Gasteiger charge is -2.12. The van der Waals surface area contributed by atoms with Crippen LogP contribution in [-0.4, -0.2) is 21.0 Å². The molecule has 2 rings (SSSR count). The molecule has 2 aromatic rings. The van der Waals surface area contributed by atoms with E-state index < -0.39 is 17.7 Å². The molecule has 0 aliphatic heterocycles. The SMILES string of the molecule is CCn1nc(C)c(Br)c1CC(O)Cc1cc(F)cc(F)c1. The molecule has 0 aliphatic carbocycles. The second-order valence-electron chi connectivity index (χ2n) is 5.00. The van der Waals surface area contributed by atoms with Gasteiger partial charge in [-0.1, -0.05) is 0 Å². The fraction of sp³-hybridized carbons (Fsp3) is 0.400. The van der Waals surface area contributed by atoms with Crippen LogP contribution in [-0.2, 0) is 19.4 Å². The van der Waals surface area contributed by atoms with Crippen molar-refractivity contribution >= 4 is 15.9 Å². The zero-order valence-electron chi connectivity index (χ0n) is 11.9. The highest BCUT2D eigenvalue weighted by Gasteiger charge is 2.17. The third-order valence-corrected chi connectivity index (χ3v) is 4.31. The number of nitrogens with zero attached hydrogens (tertiary/aromatic N) is 2. The van der Waals surface area contributed by atoms with Crippen LogP contribution < -0.4 is 0 Å². The minimum absolute atomic E-state index is 0.190. The number of benzene rings is 1. The van der Waals surface area contributed by atoms with Gasteiger partial charge in [0.2, 0.25) is 0 Å². The van der Waals surface area contributed by atoms with E-state index in [0.717, 1.165) is 21.9 Å². The lowest BCUT2D eigenvalue weighted by molar-refractivity contribution is 0.172. The van der Waals surface area contributed by atoms with Crippen LogP contribution in [0.5, 0.6) is 0 Å². The number of hydrogen-bond acceptors (Lipinski definition) is 2. The summed E-state index contributed by atoms with van der Waals surface area (Å²) in [5.41, 5.74) is 2.19. The predicted octanol–water partition coefficient (Wildman–Crippen LogP) is 3.40. The summed E-state index contributed by atoms with van der Waals surface area (Å²) < 4.78 is 29.0. The summed E-state index contributed by atoms with van der Waals surface area (Å²) in [4.78, 5) is 0. The number of rotatable bonds is 5. The molecule has 0 fully saturated rings. The van der Waals surface area contributed by atoms with E-state index in [2.05, 4.69) is 21.0 Å². The monoisotopic (exact) mass is 358 g/mol. The van der Waals surface area contributed by atoms with Crippen LogP contribution in [0.15, 0.2) is 22.7 Å². The molecule has 0 amide bonds. The summed E-state index contributed by atoms with van der Waals surface area (Å²) in [5.74, 6) is -1.26. The Morgan fingerprint density at radius 1 is 1.24 bits per heavy atom. The second-order valence-corrected chi connectivity index (χ2v) is 5.79. The minimum atomic E-state index is -0.733. The third kappa shape index (κ3) is 3.89. The number of aryl methyl sites for hydroxylation is 2. The molecule has 0 saturated heterocycles. The van der Waals surface area contributed by atoms with Crippen molar-refractivity contribution in [3.63, 3.8) is 0 Å². The van der Waals surface area contributed by atoms with Gasteiger partial charge in [-0.2, -0.15) is 5.10 Å². The molecule has 1 aromatic heterocycles. The summed E-state index contributed by atoms with van der Waals surface area (Å²) in [7, 11) is 0. The Morgan fingerprint density at radius 3 is 2.43 bits per heavy atom. The molecule has 0 aliphatic rings.